The maximum Gasteiger partial charge on any atom is 0.306 e. The monoisotopic (exact) mass is 352 g/mol. The van der Waals surface area contributed by atoms with E-state index in [9.17, 15) is 14.4 Å². The van der Waals surface area contributed by atoms with Crippen LogP contribution in [0.5, 0.6) is 0 Å². The highest BCUT2D eigenvalue weighted by atomic mass is 32.2. The Bertz CT molecular complexity index is 1080. The van der Waals surface area contributed by atoms with Crippen molar-refractivity contribution in [2.75, 3.05) is 10.1 Å². The van der Waals surface area contributed by atoms with Gasteiger partial charge in [-0.25, -0.2) is 14.3 Å². The summed E-state index contributed by atoms with van der Waals surface area (Å²) in [6.07, 6.45) is 3.00. The first-order valence-electron chi connectivity index (χ1n) is 7.48. The van der Waals surface area contributed by atoms with Crippen molar-refractivity contribution in [3.05, 3.63) is 53.2 Å². The molecule has 0 radical (unpaired) electrons. The van der Waals surface area contributed by atoms with E-state index in [1.807, 2.05) is 12.1 Å². The maximum atomic E-state index is 12.8. The zero-order valence-corrected chi connectivity index (χ0v) is 14.0. The Hall–Kier alpha value is -3.00. The molecule has 0 unspecified atom stereocenters. The second kappa shape index (κ2) is 5.82. The van der Waals surface area contributed by atoms with Crippen LogP contribution in [-0.2, 0) is 16.6 Å². The van der Waals surface area contributed by atoms with Crippen LogP contribution in [0.2, 0.25) is 0 Å². The van der Waals surface area contributed by atoms with E-state index in [1.54, 1.807) is 31.4 Å². The molecule has 1 aliphatic rings. The Morgan fingerprint density at radius 1 is 1.08 bits per heavy atom. The maximum absolute atomic E-state index is 12.8. The number of benzene rings is 1. The molecule has 0 spiro atoms. The molecular formula is C17H12N4O3S. The van der Waals surface area contributed by atoms with E-state index in [2.05, 4.69) is 9.97 Å². The molecule has 2 aromatic heterocycles. The smallest absolute Gasteiger partial charge is 0.296 e. The number of rotatable bonds is 2. The normalized spacial score (nSPS) is 14.5. The number of fused-ring (bicyclic) bond motifs is 1. The van der Waals surface area contributed by atoms with Crippen molar-refractivity contribution < 1.29 is 9.59 Å². The van der Waals surface area contributed by atoms with Crippen LogP contribution < -0.4 is 9.86 Å². The van der Waals surface area contributed by atoms with Gasteiger partial charge in [-0.1, -0.05) is 18.2 Å². The predicted octanol–water partition coefficient (Wildman–Crippen LogP) is 1.56. The summed E-state index contributed by atoms with van der Waals surface area (Å²) in [7, 11) is 1.59. The molecule has 3 heterocycles. The minimum Gasteiger partial charge on any atom is -0.296 e. The standard InChI is InChI=1S/C17H12N4O3S/c1-20-15(21-17(24)13(22)8-25-21)14(12-6-7-18-9-19-12)10-4-2-3-5-11(10)16(20)23/h2-7,9H,8H2,1H3. The third kappa shape index (κ3) is 2.33. The highest BCUT2D eigenvalue weighted by Gasteiger charge is 2.36. The fraction of sp³-hybridized carbons (Fsp3) is 0.118. The number of pyridine rings is 1. The number of hydrogen-bond acceptors (Lipinski definition) is 6. The van der Waals surface area contributed by atoms with Crippen LogP contribution in [0.3, 0.4) is 0 Å². The van der Waals surface area contributed by atoms with Crippen LogP contribution in [0, 0.1) is 0 Å². The molecule has 1 amide bonds. The molecule has 4 rings (SSSR count). The lowest BCUT2D eigenvalue weighted by Crippen LogP contribution is -2.30. The third-order valence-electron chi connectivity index (χ3n) is 4.05. The largest absolute Gasteiger partial charge is 0.306 e. The Labute approximate surface area is 146 Å². The highest BCUT2D eigenvalue weighted by molar-refractivity contribution is 8.03. The number of aromatic nitrogens is 3. The summed E-state index contributed by atoms with van der Waals surface area (Å²) in [6.45, 7) is 0. The summed E-state index contributed by atoms with van der Waals surface area (Å²) in [4.78, 5) is 45.0. The molecule has 0 aliphatic carbocycles. The van der Waals surface area contributed by atoms with Crippen LogP contribution in [0.15, 0.2) is 47.7 Å². The van der Waals surface area contributed by atoms with Gasteiger partial charge in [0.05, 0.1) is 17.0 Å². The summed E-state index contributed by atoms with van der Waals surface area (Å²) in [6, 6.07) is 8.86. The lowest BCUT2D eigenvalue weighted by Gasteiger charge is -2.22. The number of ketones is 1. The van der Waals surface area contributed by atoms with Gasteiger partial charge in [0.25, 0.3) is 5.56 Å². The number of amides is 1. The number of anilines is 1. The van der Waals surface area contributed by atoms with Crippen molar-refractivity contribution >= 4 is 40.2 Å². The quantitative estimate of drug-likeness (QED) is 0.514. The lowest BCUT2D eigenvalue weighted by molar-refractivity contribution is -0.133. The summed E-state index contributed by atoms with van der Waals surface area (Å²) >= 11 is 1.08. The van der Waals surface area contributed by atoms with Crippen molar-refractivity contribution in [2.45, 2.75) is 0 Å². The Morgan fingerprint density at radius 2 is 1.84 bits per heavy atom. The van der Waals surface area contributed by atoms with E-state index < -0.39 is 11.7 Å². The molecule has 0 saturated carbocycles. The van der Waals surface area contributed by atoms with Gasteiger partial charge in [0.1, 0.15) is 12.1 Å². The van der Waals surface area contributed by atoms with Gasteiger partial charge in [-0.2, -0.15) is 0 Å². The molecule has 8 heteroatoms. The topological polar surface area (TPSA) is 85.2 Å². The van der Waals surface area contributed by atoms with Gasteiger partial charge < -0.3 is 0 Å². The van der Waals surface area contributed by atoms with Crippen molar-refractivity contribution in [3.8, 4) is 11.3 Å². The Morgan fingerprint density at radius 3 is 2.48 bits per heavy atom. The van der Waals surface area contributed by atoms with Crippen LogP contribution in [0.25, 0.3) is 22.0 Å². The SMILES string of the molecule is Cn1c(N2SCC(=O)C2=O)c(-c2ccncn2)c2ccccc2c1=O. The number of hydrogen-bond donors (Lipinski definition) is 0. The van der Waals surface area contributed by atoms with Gasteiger partial charge >= 0.3 is 5.91 Å². The van der Waals surface area contributed by atoms with Gasteiger partial charge in [0.15, 0.2) is 0 Å². The summed E-state index contributed by atoms with van der Waals surface area (Å²) in [5.41, 5.74) is 0.955. The minimum absolute atomic E-state index is 0.0586. The molecule has 3 aromatic rings. The van der Waals surface area contributed by atoms with Gasteiger partial charge in [0.2, 0.25) is 5.78 Å². The van der Waals surface area contributed by atoms with E-state index >= 15 is 0 Å². The summed E-state index contributed by atoms with van der Waals surface area (Å²) in [5.74, 6) is -0.712. The van der Waals surface area contributed by atoms with Crippen LogP contribution >= 0.6 is 11.9 Å². The summed E-state index contributed by atoms with van der Waals surface area (Å²) in [5, 5.41) is 1.19. The number of carbonyl (C=O) groups excluding carboxylic acids is 2. The van der Waals surface area contributed by atoms with E-state index in [1.165, 1.54) is 15.2 Å². The average molecular weight is 352 g/mol. The van der Waals surface area contributed by atoms with Crippen molar-refractivity contribution in [1.82, 2.24) is 14.5 Å². The molecule has 1 fully saturated rings. The highest BCUT2D eigenvalue weighted by Crippen LogP contribution is 2.38. The summed E-state index contributed by atoms with van der Waals surface area (Å²) < 4.78 is 2.68. The first-order valence-corrected chi connectivity index (χ1v) is 8.42. The molecular weight excluding hydrogens is 340 g/mol. The van der Waals surface area contributed by atoms with Gasteiger partial charge in [-0.3, -0.25) is 19.0 Å². The lowest BCUT2D eigenvalue weighted by atomic mass is 10.0. The van der Waals surface area contributed by atoms with Crippen LogP contribution in [0.1, 0.15) is 0 Å². The van der Waals surface area contributed by atoms with Crippen LogP contribution in [-0.4, -0.2) is 32.0 Å². The first kappa shape index (κ1) is 15.5. The fourth-order valence-corrected chi connectivity index (χ4v) is 3.82. The van der Waals surface area contributed by atoms with Gasteiger partial charge in [0, 0.05) is 24.0 Å². The number of nitrogens with zero attached hydrogens (tertiary/aromatic N) is 4. The molecule has 7 nitrogen and oxygen atoms in total. The second-order valence-electron chi connectivity index (χ2n) is 5.50. The average Bonchev–Trinajstić information content (AvgIpc) is 2.97. The van der Waals surface area contributed by atoms with E-state index in [0.29, 0.717) is 27.8 Å². The zero-order valence-electron chi connectivity index (χ0n) is 13.2. The number of Topliss-reactive ketones (excluding diaryl/α,β-unsaturated/α-hetero) is 1. The fourth-order valence-electron chi connectivity index (χ4n) is 2.90. The van der Waals surface area contributed by atoms with Crippen LogP contribution in [0.4, 0.5) is 5.82 Å². The van der Waals surface area contributed by atoms with E-state index in [4.69, 9.17) is 0 Å². The van der Waals surface area contributed by atoms with E-state index in [0.717, 1.165) is 11.9 Å². The molecule has 1 saturated heterocycles. The minimum atomic E-state index is -0.634. The molecule has 0 atom stereocenters. The van der Waals surface area contributed by atoms with Crippen molar-refractivity contribution in [2.24, 2.45) is 7.05 Å². The molecule has 25 heavy (non-hydrogen) atoms. The molecule has 124 valence electrons. The number of carbonyl (C=O) groups is 2. The van der Waals surface area contributed by atoms with Crippen molar-refractivity contribution in [3.63, 3.8) is 0 Å². The third-order valence-corrected chi connectivity index (χ3v) is 5.04. The molecule has 0 N–H and O–H groups in total. The zero-order chi connectivity index (χ0) is 17.6. The Balaban J connectivity index is 2.14. The molecule has 0 bridgehead atoms. The second-order valence-corrected chi connectivity index (χ2v) is 6.41. The van der Waals surface area contributed by atoms with Gasteiger partial charge in [-0.05, 0) is 24.1 Å². The van der Waals surface area contributed by atoms with Gasteiger partial charge in [-0.15, -0.1) is 0 Å². The van der Waals surface area contributed by atoms with E-state index in [-0.39, 0.29) is 11.3 Å². The molecule has 1 aromatic carbocycles. The first-order chi connectivity index (χ1) is 12.1. The predicted molar refractivity (Wildman–Crippen MR) is 95.2 cm³/mol. The van der Waals surface area contributed by atoms with Crippen molar-refractivity contribution in [1.29, 1.82) is 0 Å². The Kier molecular flexibility index (Phi) is 3.61. The molecule has 1 aliphatic heterocycles.